The molecule has 0 radical (unpaired) electrons. The molecule has 1 saturated heterocycles. The highest BCUT2D eigenvalue weighted by atomic mass is 19.4. The summed E-state index contributed by atoms with van der Waals surface area (Å²) in [5.74, 6) is -1.26. The Balaban J connectivity index is 2.42. The third-order valence-corrected chi connectivity index (χ3v) is 3.31. The van der Waals surface area contributed by atoms with E-state index in [0.717, 1.165) is 6.07 Å². The van der Waals surface area contributed by atoms with Gasteiger partial charge in [0.15, 0.2) is 0 Å². The third-order valence-electron chi connectivity index (χ3n) is 3.31. The Hall–Kier alpha value is -1.60. The summed E-state index contributed by atoms with van der Waals surface area (Å²) < 4.78 is 39.0. The van der Waals surface area contributed by atoms with Gasteiger partial charge in [-0.25, -0.2) is 0 Å². The number of halogens is 3. The summed E-state index contributed by atoms with van der Waals surface area (Å²) in [5, 5.41) is 12.4. The molecule has 0 aliphatic carbocycles. The van der Waals surface area contributed by atoms with Gasteiger partial charge < -0.3 is 10.4 Å². The van der Waals surface area contributed by atoms with E-state index >= 15 is 0 Å². The largest absolute Gasteiger partial charge is 0.480 e. The summed E-state index contributed by atoms with van der Waals surface area (Å²) in [6, 6.07) is 3.60. The first kappa shape index (κ1) is 14.8. The van der Waals surface area contributed by atoms with Crippen molar-refractivity contribution in [3.8, 4) is 0 Å². The van der Waals surface area contributed by atoms with Gasteiger partial charge in [0.05, 0.1) is 5.56 Å². The van der Waals surface area contributed by atoms with Crippen molar-refractivity contribution in [3.05, 3.63) is 35.4 Å². The molecule has 20 heavy (non-hydrogen) atoms. The van der Waals surface area contributed by atoms with Crippen LogP contribution in [0.25, 0.3) is 0 Å². The Morgan fingerprint density at radius 3 is 2.40 bits per heavy atom. The maximum absolute atomic E-state index is 13.0. The Bertz CT molecular complexity index is 485. The van der Waals surface area contributed by atoms with Crippen LogP contribution in [0.3, 0.4) is 0 Å². The summed E-state index contributed by atoms with van der Waals surface area (Å²) in [7, 11) is 0. The second kappa shape index (κ2) is 5.80. The van der Waals surface area contributed by atoms with Gasteiger partial charge in [0, 0.05) is 26.2 Å². The van der Waals surface area contributed by atoms with Crippen molar-refractivity contribution >= 4 is 5.97 Å². The molecule has 0 saturated carbocycles. The molecule has 0 aromatic heterocycles. The lowest BCUT2D eigenvalue weighted by Gasteiger charge is -2.33. The number of piperazine rings is 1. The van der Waals surface area contributed by atoms with Gasteiger partial charge in [0.2, 0.25) is 0 Å². The number of hydrogen-bond acceptors (Lipinski definition) is 3. The van der Waals surface area contributed by atoms with Gasteiger partial charge in [-0.1, -0.05) is 18.2 Å². The fraction of sp³-hybridized carbons (Fsp3) is 0.462. The van der Waals surface area contributed by atoms with Gasteiger partial charge in [-0.05, 0) is 11.6 Å². The Labute approximate surface area is 114 Å². The number of aliphatic carboxylic acids is 1. The zero-order chi connectivity index (χ0) is 14.8. The Kier molecular flexibility index (Phi) is 4.29. The van der Waals surface area contributed by atoms with Crippen LogP contribution < -0.4 is 5.32 Å². The number of alkyl halides is 3. The molecule has 4 nitrogen and oxygen atoms in total. The SMILES string of the molecule is O=C(O)C(c1ccccc1C(F)(F)F)N1CCNCC1. The van der Waals surface area contributed by atoms with Crippen LogP contribution in [0.1, 0.15) is 17.2 Å². The first-order valence-electron chi connectivity index (χ1n) is 6.25. The van der Waals surface area contributed by atoms with Crippen molar-refractivity contribution in [2.24, 2.45) is 0 Å². The second-order valence-electron chi connectivity index (χ2n) is 4.61. The highest BCUT2D eigenvalue weighted by molar-refractivity contribution is 5.76. The van der Waals surface area contributed by atoms with Crippen molar-refractivity contribution < 1.29 is 23.1 Å². The fourth-order valence-electron chi connectivity index (χ4n) is 2.42. The predicted molar refractivity (Wildman–Crippen MR) is 66.3 cm³/mol. The second-order valence-corrected chi connectivity index (χ2v) is 4.61. The van der Waals surface area contributed by atoms with Crippen LogP contribution in [0.15, 0.2) is 24.3 Å². The number of carboxylic acids is 1. The summed E-state index contributed by atoms with van der Waals surface area (Å²) in [5.41, 5.74) is -1.08. The molecular weight excluding hydrogens is 273 g/mol. The fourth-order valence-corrected chi connectivity index (χ4v) is 2.42. The van der Waals surface area contributed by atoms with Crippen LogP contribution in [0.4, 0.5) is 13.2 Å². The number of rotatable bonds is 3. The summed E-state index contributed by atoms with van der Waals surface area (Å²) in [6.45, 7) is 1.95. The van der Waals surface area contributed by atoms with Crippen LogP contribution >= 0.6 is 0 Å². The van der Waals surface area contributed by atoms with Crippen molar-refractivity contribution in [1.82, 2.24) is 10.2 Å². The van der Waals surface area contributed by atoms with E-state index in [-0.39, 0.29) is 5.56 Å². The Morgan fingerprint density at radius 1 is 1.25 bits per heavy atom. The topological polar surface area (TPSA) is 52.6 Å². The minimum absolute atomic E-state index is 0.200. The Morgan fingerprint density at radius 2 is 1.85 bits per heavy atom. The molecule has 1 unspecified atom stereocenters. The molecule has 1 aliphatic rings. The van der Waals surface area contributed by atoms with E-state index in [2.05, 4.69) is 5.32 Å². The number of carboxylic acid groups (broad SMARTS) is 1. The lowest BCUT2D eigenvalue weighted by molar-refractivity contribution is -0.146. The van der Waals surface area contributed by atoms with E-state index in [4.69, 9.17) is 0 Å². The van der Waals surface area contributed by atoms with Gasteiger partial charge in [-0.3, -0.25) is 9.69 Å². The van der Waals surface area contributed by atoms with Gasteiger partial charge in [-0.2, -0.15) is 13.2 Å². The quantitative estimate of drug-likeness (QED) is 0.889. The van der Waals surface area contributed by atoms with Gasteiger partial charge in [0.1, 0.15) is 6.04 Å². The number of benzene rings is 1. The predicted octanol–water partition coefficient (Wildman–Crippen LogP) is 1.74. The molecule has 1 aliphatic heterocycles. The van der Waals surface area contributed by atoms with Gasteiger partial charge in [0.25, 0.3) is 0 Å². The normalized spacial score (nSPS) is 18.8. The van der Waals surface area contributed by atoms with Crippen molar-refractivity contribution in [3.63, 3.8) is 0 Å². The number of nitrogens with one attached hydrogen (secondary N) is 1. The molecule has 2 N–H and O–H groups in total. The van der Waals surface area contributed by atoms with Crippen LogP contribution in [-0.4, -0.2) is 42.2 Å². The summed E-state index contributed by atoms with van der Waals surface area (Å²) >= 11 is 0. The molecule has 1 aromatic carbocycles. The molecule has 0 amide bonds. The highest BCUT2D eigenvalue weighted by Gasteiger charge is 2.38. The molecule has 0 bridgehead atoms. The molecule has 1 heterocycles. The first-order valence-corrected chi connectivity index (χ1v) is 6.25. The third kappa shape index (κ3) is 3.10. The van der Waals surface area contributed by atoms with Crippen molar-refractivity contribution in [1.29, 1.82) is 0 Å². The zero-order valence-electron chi connectivity index (χ0n) is 10.7. The molecule has 1 fully saturated rings. The molecular formula is C13H15F3N2O2. The van der Waals surface area contributed by atoms with Crippen LogP contribution in [0.5, 0.6) is 0 Å². The summed E-state index contributed by atoms with van der Waals surface area (Å²) in [6.07, 6.45) is -4.56. The molecule has 1 atom stereocenters. The average Bonchev–Trinajstić information content (AvgIpc) is 2.39. The average molecular weight is 288 g/mol. The number of carbonyl (C=O) groups is 1. The molecule has 110 valence electrons. The van der Waals surface area contributed by atoms with Crippen LogP contribution in [0, 0.1) is 0 Å². The molecule has 2 rings (SSSR count). The van der Waals surface area contributed by atoms with Crippen molar-refractivity contribution in [2.75, 3.05) is 26.2 Å². The maximum Gasteiger partial charge on any atom is 0.416 e. The first-order chi connectivity index (χ1) is 9.41. The van der Waals surface area contributed by atoms with E-state index < -0.39 is 23.8 Å². The van der Waals surface area contributed by atoms with E-state index in [0.29, 0.717) is 26.2 Å². The maximum atomic E-state index is 13.0. The van der Waals surface area contributed by atoms with E-state index in [1.54, 1.807) is 4.90 Å². The molecule has 7 heteroatoms. The van der Waals surface area contributed by atoms with E-state index in [1.807, 2.05) is 0 Å². The monoisotopic (exact) mass is 288 g/mol. The smallest absolute Gasteiger partial charge is 0.416 e. The van der Waals surface area contributed by atoms with Crippen LogP contribution in [0.2, 0.25) is 0 Å². The van der Waals surface area contributed by atoms with Gasteiger partial charge in [-0.15, -0.1) is 0 Å². The van der Waals surface area contributed by atoms with E-state index in [1.165, 1.54) is 18.2 Å². The number of nitrogens with zero attached hydrogens (tertiary/aromatic N) is 1. The lowest BCUT2D eigenvalue weighted by atomic mass is 9.98. The number of hydrogen-bond donors (Lipinski definition) is 2. The summed E-state index contributed by atoms with van der Waals surface area (Å²) in [4.78, 5) is 13.0. The standard InChI is InChI=1S/C13H15F3N2O2/c14-13(15,16)10-4-2-1-3-9(10)11(12(19)20)18-7-5-17-6-8-18/h1-4,11,17H,5-8H2,(H,19,20). The molecule has 1 aromatic rings. The zero-order valence-corrected chi connectivity index (χ0v) is 10.7. The highest BCUT2D eigenvalue weighted by Crippen LogP contribution is 2.36. The molecule has 0 spiro atoms. The lowest BCUT2D eigenvalue weighted by Crippen LogP contribution is -2.47. The van der Waals surface area contributed by atoms with Crippen molar-refractivity contribution in [2.45, 2.75) is 12.2 Å². The van der Waals surface area contributed by atoms with E-state index in [9.17, 15) is 23.1 Å². The van der Waals surface area contributed by atoms with Gasteiger partial charge >= 0.3 is 12.1 Å². The minimum atomic E-state index is -4.56. The van der Waals surface area contributed by atoms with Crippen LogP contribution in [-0.2, 0) is 11.0 Å². The minimum Gasteiger partial charge on any atom is -0.480 e.